The molecule has 0 bridgehead atoms. The minimum absolute atomic E-state index is 0.0840. The highest BCUT2D eigenvalue weighted by molar-refractivity contribution is 7.50. The van der Waals surface area contributed by atoms with Crippen LogP contribution in [0.1, 0.15) is 52.7 Å². The van der Waals surface area contributed by atoms with E-state index in [-0.39, 0.29) is 10.8 Å². The van der Waals surface area contributed by atoms with E-state index in [4.69, 9.17) is 4.52 Å². The summed E-state index contributed by atoms with van der Waals surface area (Å²) >= 11 is 1.68. The van der Waals surface area contributed by atoms with Crippen molar-refractivity contribution in [2.24, 2.45) is 0 Å². The van der Waals surface area contributed by atoms with Crippen molar-refractivity contribution in [1.82, 2.24) is 0 Å². The normalized spacial score (nSPS) is 13.0. The van der Waals surface area contributed by atoms with Crippen LogP contribution in [0.15, 0.2) is 84.9 Å². The maximum atomic E-state index is 13.4. The van der Waals surface area contributed by atoms with Gasteiger partial charge in [-0.05, 0) is 51.3 Å². The van der Waals surface area contributed by atoms with Crippen LogP contribution in [0, 0.1) is 0 Å². The Morgan fingerprint density at radius 3 is 1.68 bits per heavy atom. The minimum atomic E-state index is -2.49. The Bertz CT molecular complexity index is 1270. The highest BCUT2D eigenvalue weighted by Crippen LogP contribution is 2.40. The number of thiophene rings is 1. The number of para-hydroxylation sites is 1. The molecule has 0 saturated carbocycles. The molecule has 1 aromatic heterocycles. The third-order valence-electron chi connectivity index (χ3n) is 5.95. The molecule has 0 aliphatic carbocycles. The Kier molecular flexibility index (Phi) is 6.90. The van der Waals surface area contributed by atoms with Crippen LogP contribution >= 0.6 is 19.4 Å². The lowest BCUT2D eigenvalue weighted by Crippen LogP contribution is -2.10. The maximum absolute atomic E-state index is 13.4. The molecular formula is C30H33O2PS. The largest absolute Gasteiger partial charge is 0.442 e. The average Bonchev–Trinajstić information content (AvgIpc) is 3.24. The summed E-state index contributed by atoms with van der Waals surface area (Å²) in [6, 6.07) is 28.8. The predicted molar refractivity (Wildman–Crippen MR) is 148 cm³/mol. The van der Waals surface area contributed by atoms with E-state index in [1.807, 2.05) is 36.4 Å². The van der Waals surface area contributed by atoms with Crippen molar-refractivity contribution >= 4 is 24.7 Å². The lowest BCUT2D eigenvalue weighted by molar-refractivity contribution is 0.514. The molecule has 1 atom stereocenters. The Hall–Kier alpha value is -2.61. The quantitative estimate of drug-likeness (QED) is 0.262. The van der Waals surface area contributed by atoms with Crippen molar-refractivity contribution in [2.75, 3.05) is 0 Å². The molecule has 0 N–H and O–H groups in total. The third-order valence-corrected chi connectivity index (χ3v) is 8.62. The summed E-state index contributed by atoms with van der Waals surface area (Å²) in [6.45, 7) is 13.3. The number of benzene rings is 3. The van der Waals surface area contributed by atoms with Gasteiger partial charge in [-0.25, -0.2) is 0 Å². The first-order chi connectivity index (χ1) is 16.0. The summed E-state index contributed by atoms with van der Waals surface area (Å²) in [4.78, 5) is 2.11. The molecule has 0 spiro atoms. The van der Waals surface area contributed by atoms with E-state index in [2.05, 4.69) is 90.1 Å². The minimum Gasteiger partial charge on any atom is -0.442 e. The lowest BCUT2D eigenvalue weighted by atomic mass is 9.86. The van der Waals surface area contributed by atoms with Gasteiger partial charge in [-0.1, -0.05) is 108 Å². The van der Waals surface area contributed by atoms with Crippen LogP contribution in [0.4, 0.5) is 0 Å². The average molecular weight is 489 g/mol. The van der Waals surface area contributed by atoms with Crippen molar-refractivity contribution in [1.29, 1.82) is 0 Å². The van der Waals surface area contributed by atoms with Gasteiger partial charge in [-0.3, -0.25) is 4.57 Å². The van der Waals surface area contributed by atoms with Crippen LogP contribution in [0.2, 0.25) is 0 Å². The topological polar surface area (TPSA) is 26.3 Å². The van der Waals surface area contributed by atoms with Gasteiger partial charge in [-0.15, -0.1) is 11.3 Å². The molecule has 0 aliphatic heterocycles. The van der Waals surface area contributed by atoms with Crippen LogP contribution < -0.4 is 9.83 Å². The standard InChI is InChI=1S/C30H33O2PS/c1-29(2,3)23-16-12-21(13-17-23)27-20-26(33(31)32-25-10-8-7-9-11-25)28(34-27)22-14-18-24(19-15-22)30(4,5)6/h7-20,33H,1-6H3. The third kappa shape index (κ3) is 5.54. The van der Waals surface area contributed by atoms with Gasteiger partial charge in [0.1, 0.15) is 5.75 Å². The molecule has 0 fully saturated rings. The van der Waals surface area contributed by atoms with E-state index < -0.39 is 8.03 Å². The Balaban J connectivity index is 1.75. The van der Waals surface area contributed by atoms with Crippen molar-refractivity contribution in [3.05, 3.63) is 96.1 Å². The molecule has 4 aromatic rings. The molecule has 4 rings (SSSR count). The van der Waals surface area contributed by atoms with E-state index in [0.29, 0.717) is 5.75 Å². The molecule has 4 heteroatoms. The highest BCUT2D eigenvalue weighted by atomic mass is 32.1. The fraction of sp³-hybridized carbons (Fsp3) is 0.267. The second-order valence-electron chi connectivity index (χ2n) is 10.7. The number of hydrogen-bond donors (Lipinski definition) is 0. The molecule has 176 valence electrons. The number of rotatable bonds is 5. The second-order valence-corrected chi connectivity index (χ2v) is 13.1. The van der Waals surface area contributed by atoms with Crippen LogP contribution in [-0.2, 0) is 15.4 Å². The van der Waals surface area contributed by atoms with Gasteiger partial charge in [0.15, 0.2) is 0 Å². The van der Waals surface area contributed by atoms with Gasteiger partial charge in [0.25, 0.3) is 8.03 Å². The molecule has 1 unspecified atom stereocenters. The summed E-state index contributed by atoms with van der Waals surface area (Å²) in [6.07, 6.45) is 0. The van der Waals surface area contributed by atoms with E-state index in [9.17, 15) is 4.57 Å². The zero-order valence-corrected chi connectivity index (χ0v) is 22.6. The maximum Gasteiger partial charge on any atom is 0.267 e. The van der Waals surface area contributed by atoms with Crippen molar-refractivity contribution in [3.8, 4) is 26.6 Å². The van der Waals surface area contributed by atoms with Crippen LogP contribution in [0.25, 0.3) is 20.9 Å². The number of hydrogen-bond acceptors (Lipinski definition) is 3. The molecule has 0 aliphatic rings. The van der Waals surface area contributed by atoms with Crippen molar-refractivity contribution < 1.29 is 9.09 Å². The zero-order valence-electron chi connectivity index (χ0n) is 20.8. The van der Waals surface area contributed by atoms with Gasteiger partial charge >= 0.3 is 0 Å². The van der Waals surface area contributed by atoms with Gasteiger partial charge in [-0.2, -0.15) is 0 Å². The first-order valence-corrected chi connectivity index (χ1v) is 13.8. The van der Waals surface area contributed by atoms with Crippen LogP contribution in [0.5, 0.6) is 5.75 Å². The summed E-state index contributed by atoms with van der Waals surface area (Å²) in [5.41, 5.74) is 4.97. The summed E-state index contributed by atoms with van der Waals surface area (Å²) in [5, 5.41) is 0.775. The highest BCUT2D eigenvalue weighted by Gasteiger charge is 2.21. The van der Waals surface area contributed by atoms with E-state index in [1.54, 1.807) is 11.3 Å². The molecule has 2 nitrogen and oxygen atoms in total. The molecular weight excluding hydrogens is 455 g/mol. The van der Waals surface area contributed by atoms with Crippen LogP contribution in [0.3, 0.4) is 0 Å². The smallest absolute Gasteiger partial charge is 0.267 e. The molecule has 0 amide bonds. The zero-order chi connectivity index (χ0) is 24.5. The predicted octanol–water partition coefficient (Wildman–Crippen LogP) is 8.86. The van der Waals surface area contributed by atoms with E-state index >= 15 is 0 Å². The summed E-state index contributed by atoms with van der Waals surface area (Å²) < 4.78 is 19.3. The Labute approximate surface area is 208 Å². The second kappa shape index (κ2) is 9.56. The van der Waals surface area contributed by atoms with E-state index in [0.717, 1.165) is 26.2 Å². The molecule has 3 aromatic carbocycles. The monoisotopic (exact) mass is 488 g/mol. The first-order valence-electron chi connectivity index (χ1n) is 11.7. The Morgan fingerprint density at radius 1 is 0.676 bits per heavy atom. The van der Waals surface area contributed by atoms with Crippen LogP contribution in [-0.4, -0.2) is 0 Å². The summed E-state index contributed by atoms with van der Waals surface area (Å²) in [5.74, 6) is 0.627. The SMILES string of the molecule is CC(C)(C)c1ccc(-c2cc([PH](=O)Oc3ccccc3)c(-c3ccc(C(C)(C)C)cc3)s2)cc1. The Morgan fingerprint density at radius 2 is 1.18 bits per heavy atom. The van der Waals surface area contributed by atoms with Crippen molar-refractivity contribution in [3.63, 3.8) is 0 Å². The molecule has 0 saturated heterocycles. The van der Waals surface area contributed by atoms with Crippen molar-refractivity contribution in [2.45, 2.75) is 52.4 Å². The molecule has 1 heterocycles. The van der Waals surface area contributed by atoms with Gasteiger partial charge < -0.3 is 4.52 Å². The van der Waals surface area contributed by atoms with Gasteiger partial charge in [0.2, 0.25) is 0 Å². The molecule has 34 heavy (non-hydrogen) atoms. The van der Waals surface area contributed by atoms with Gasteiger partial charge in [0.05, 0.1) is 5.30 Å². The fourth-order valence-electron chi connectivity index (χ4n) is 3.81. The lowest BCUT2D eigenvalue weighted by Gasteiger charge is -2.19. The van der Waals surface area contributed by atoms with E-state index in [1.165, 1.54) is 11.1 Å². The first kappa shape index (κ1) is 24.5. The fourth-order valence-corrected chi connectivity index (χ4v) is 6.44. The summed E-state index contributed by atoms with van der Waals surface area (Å²) in [7, 11) is -2.49. The van der Waals surface area contributed by atoms with Gasteiger partial charge in [0, 0.05) is 9.75 Å². The molecule has 0 radical (unpaired) electrons.